The molecule has 0 bridgehead atoms. The molecule has 4 aromatic carbocycles. The van der Waals surface area contributed by atoms with Crippen molar-refractivity contribution in [1.29, 1.82) is 0 Å². The fourth-order valence-electron chi connectivity index (χ4n) is 4.95. The summed E-state index contributed by atoms with van der Waals surface area (Å²) in [5.74, 6) is -1.41. The molecule has 0 aromatic heterocycles. The van der Waals surface area contributed by atoms with E-state index in [0.717, 1.165) is 22.7 Å². The number of nitrogens with zero attached hydrogens (tertiary/aromatic N) is 2. The molecule has 7 nitrogen and oxygen atoms in total. The number of hydrogen-bond acceptors (Lipinski definition) is 4. The van der Waals surface area contributed by atoms with E-state index in [1.165, 1.54) is 29.2 Å². The average molecular weight is 650 g/mol. The molecule has 1 atom stereocenters. The summed E-state index contributed by atoms with van der Waals surface area (Å²) in [6, 6.07) is 26.7. The normalized spacial score (nSPS) is 11.9. The first-order valence-electron chi connectivity index (χ1n) is 14.8. The minimum absolute atomic E-state index is 0.000374. The van der Waals surface area contributed by atoms with Crippen LogP contribution in [0.2, 0.25) is 5.02 Å². The third-order valence-electron chi connectivity index (χ3n) is 7.48. The van der Waals surface area contributed by atoms with Crippen molar-refractivity contribution in [2.75, 3.05) is 17.4 Å². The topological polar surface area (TPSA) is 86.8 Å². The molecule has 4 rings (SSSR count). The highest BCUT2D eigenvalue weighted by molar-refractivity contribution is 7.92. The van der Waals surface area contributed by atoms with E-state index in [1.54, 1.807) is 55.5 Å². The molecule has 0 heterocycles. The number of unbranched alkanes of at least 4 members (excludes halogenated alkanes) is 1. The highest BCUT2D eigenvalue weighted by Crippen LogP contribution is 2.31. The molecule has 0 aliphatic carbocycles. The van der Waals surface area contributed by atoms with Crippen molar-refractivity contribution in [3.05, 3.63) is 131 Å². The van der Waals surface area contributed by atoms with Gasteiger partial charge in [-0.3, -0.25) is 13.9 Å². The summed E-state index contributed by atoms with van der Waals surface area (Å²) < 4.78 is 43.1. The zero-order valence-corrected chi connectivity index (χ0v) is 26.9. The number of hydrogen-bond donors (Lipinski definition) is 1. The van der Waals surface area contributed by atoms with E-state index in [4.69, 9.17) is 11.6 Å². The first-order chi connectivity index (χ1) is 21.6. The number of sulfonamides is 1. The van der Waals surface area contributed by atoms with Crippen molar-refractivity contribution in [3.63, 3.8) is 0 Å². The monoisotopic (exact) mass is 649 g/mol. The standard InChI is InChI=1S/C35H37ClFN3O4S/c1-3-4-22-38-35(42)33(23-27-12-7-5-8-13-27)39(24-28-18-20-29(37)21-19-28)34(41)25-40(32-17-11-16-31(36)26(32)2)45(43,44)30-14-9-6-10-15-30/h5-21,33H,3-4,22-25H2,1-2H3,(H,38,42). The third kappa shape index (κ3) is 8.71. The maximum atomic E-state index is 14.5. The van der Waals surface area contributed by atoms with Gasteiger partial charge in [-0.05, 0) is 66.4 Å². The van der Waals surface area contributed by atoms with Crippen LogP contribution >= 0.6 is 11.6 Å². The van der Waals surface area contributed by atoms with Crippen molar-refractivity contribution in [2.45, 2.75) is 50.6 Å². The summed E-state index contributed by atoms with van der Waals surface area (Å²) in [5, 5.41) is 3.29. The first-order valence-corrected chi connectivity index (χ1v) is 16.6. The third-order valence-corrected chi connectivity index (χ3v) is 9.67. The molecule has 1 unspecified atom stereocenters. The Hall–Kier alpha value is -4.21. The molecule has 1 N–H and O–H groups in total. The summed E-state index contributed by atoms with van der Waals surface area (Å²) >= 11 is 6.42. The molecule has 0 aliphatic heterocycles. The van der Waals surface area contributed by atoms with E-state index >= 15 is 0 Å². The molecule has 4 aromatic rings. The van der Waals surface area contributed by atoms with Gasteiger partial charge in [-0.1, -0.05) is 91.7 Å². The largest absolute Gasteiger partial charge is 0.354 e. The molecule has 0 radical (unpaired) electrons. The molecule has 45 heavy (non-hydrogen) atoms. The van der Waals surface area contributed by atoms with Crippen molar-refractivity contribution in [1.82, 2.24) is 10.2 Å². The minimum atomic E-state index is -4.25. The van der Waals surface area contributed by atoms with E-state index in [-0.39, 0.29) is 29.5 Å². The van der Waals surface area contributed by atoms with Gasteiger partial charge in [-0.25, -0.2) is 12.8 Å². The lowest BCUT2D eigenvalue weighted by Crippen LogP contribution is -2.53. The van der Waals surface area contributed by atoms with Gasteiger partial charge in [0.25, 0.3) is 10.0 Å². The van der Waals surface area contributed by atoms with Crippen molar-refractivity contribution >= 4 is 39.1 Å². The lowest BCUT2D eigenvalue weighted by Gasteiger charge is -2.34. The SMILES string of the molecule is CCCCNC(=O)C(Cc1ccccc1)N(Cc1ccc(F)cc1)C(=O)CN(c1cccc(Cl)c1C)S(=O)(=O)c1ccccc1. The second-order valence-corrected chi connectivity index (χ2v) is 13.0. The van der Waals surface area contributed by atoms with Gasteiger partial charge in [-0.2, -0.15) is 0 Å². The van der Waals surface area contributed by atoms with Gasteiger partial charge in [0.1, 0.15) is 18.4 Å². The first kappa shape index (κ1) is 33.7. The van der Waals surface area contributed by atoms with E-state index in [2.05, 4.69) is 5.32 Å². The number of carbonyl (C=O) groups is 2. The van der Waals surface area contributed by atoms with E-state index in [9.17, 15) is 22.4 Å². The summed E-state index contributed by atoms with van der Waals surface area (Å²) in [6.45, 7) is 3.47. The van der Waals surface area contributed by atoms with Crippen LogP contribution in [0, 0.1) is 12.7 Å². The zero-order valence-electron chi connectivity index (χ0n) is 25.3. The quantitative estimate of drug-likeness (QED) is 0.157. The van der Waals surface area contributed by atoms with Crippen LogP contribution in [0.3, 0.4) is 0 Å². The van der Waals surface area contributed by atoms with E-state index < -0.39 is 34.3 Å². The highest BCUT2D eigenvalue weighted by atomic mass is 35.5. The highest BCUT2D eigenvalue weighted by Gasteiger charge is 2.35. The molecule has 2 amide bonds. The number of nitrogens with one attached hydrogen (secondary N) is 1. The molecule has 0 spiro atoms. The van der Waals surface area contributed by atoms with Gasteiger partial charge in [0, 0.05) is 24.5 Å². The molecule has 0 saturated carbocycles. The van der Waals surface area contributed by atoms with E-state index in [1.807, 2.05) is 37.3 Å². The van der Waals surface area contributed by atoms with Crippen LogP contribution in [0.25, 0.3) is 0 Å². The Balaban J connectivity index is 1.81. The number of rotatable bonds is 14. The van der Waals surface area contributed by atoms with Gasteiger partial charge in [0.15, 0.2) is 0 Å². The van der Waals surface area contributed by atoms with Gasteiger partial charge >= 0.3 is 0 Å². The molecule has 10 heteroatoms. The second-order valence-electron chi connectivity index (χ2n) is 10.7. The number of amides is 2. The van der Waals surface area contributed by atoms with E-state index in [0.29, 0.717) is 22.7 Å². The molecule has 0 saturated heterocycles. The summed E-state index contributed by atoms with van der Waals surface area (Å²) in [4.78, 5) is 29.6. The Labute approximate surface area is 269 Å². The van der Waals surface area contributed by atoms with Crippen molar-refractivity contribution in [3.8, 4) is 0 Å². The molecular formula is C35H37ClFN3O4S. The maximum Gasteiger partial charge on any atom is 0.264 e. The number of anilines is 1. The van der Waals surface area contributed by atoms with Crippen molar-refractivity contribution in [2.24, 2.45) is 0 Å². The van der Waals surface area contributed by atoms with Crippen LogP contribution in [0.4, 0.5) is 10.1 Å². The molecule has 0 aliphatic rings. The number of carbonyl (C=O) groups excluding carboxylic acids is 2. The lowest BCUT2D eigenvalue weighted by atomic mass is 10.0. The fraction of sp³-hybridized carbons (Fsp3) is 0.257. The number of benzene rings is 4. The molecule has 0 fully saturated rings. The average Bonchev–Trinajstić information content (AvgIpc) is 3.04. The van der Waals surface area contributed by atoms with Crippen molar-refractivity contribution < 1.29 is 22.4 Å². The maximum absolute atomic E-state index is 14.5. The summed E-state index contributed by atoms with van der Waals surface area (Å²) in [5.41, 5.74) is 2.13. The predicted molar refractivity (Wildman–Crippen MR) is 176 cm³/mol. The van der Waals surface area contributed by atoms with Crippen LogP contribution < -0.4 is 9.62 Å². The fourth-order valence-corrected chi connectivity index (χ4v) is 6.61. The minimum Gasteiger partial charge on any atom is -0.354 e. The Kier molecular flexibility index (Phi) is 11.7. The summed E-state index contributed by atoms with van der Waals surface area (Å²) in [6.07, 6.45) is 1.81. The van der Waals surface area contributed by atoms with Gasteiger partial charge < -0.3 is 10.2 Å². The van der Waals surface area contributed by atoms with Crippen LogP contribution in [-0.4, -0.2) is 44.3 Å². The summed E-state index contributed by atoms with van der Waals surface area (Å²) in [7, 11) is -4.25. The Morgan fingerprint density at radius 3 is 2.16 bits per heavy atom. The smallest absolute Gasteiger partial charge is 0.264 e. The van der Waals surface area contributed by atoms with Crippen LogP contribution in [-0.2, 0) is 32.6 Å². The van der Waals surface area contributed by atoms with Crippen LogP contribution in [0.15, 0.2) is 108 Å². The van der Waals surface area contributed by atoms with Gasteiger partial charge in [-0.15, -0.1) is 0 Å². The Morgan fingerprint density at radius 1 is 0.867 bits per heavy atom. The second kappa shape index (κ2) is 15.7. The Bertz CT molecular complexity index is 1690. The molecule has 236 valence electrons. The zero-order chi connectivity index (χ0) is 32.4. The van der Waals surface area contributed by atoms with Gasteiger partial charge in [0.2, 0.25) is 11.8 Å². The van der Waals surface area contributed by atoms with Gasteiger partial charge in [0.05, 0.1) is 10.6 Å². The van der Waals surface area contributed by atoms with Crippen LogP contribution in [0.5, 0.6) is 0 Å². The lowest BCUT2D eigenvalue weighted by molar-refractivity contribution is -0.140. The Morgan fingerprint density at radius 2 is 1.51 bits per heavy atom. The molecular weight excluding hydrogens is 613 g/mol. The van der Waals surface area contributed by atoms with Crippen LogP contribution in [0.1, 0.15) is 36.5 Å². The number of halogens is 2. The predicted octanol–water partition coefficient (Wildman–Crippen LogP) is 6.54.